The van der Waals surface area contributed by atoms with Crippen LogP contribution in [0, 0.1) is 0 Å². The summed E-state index contributed by atoms with van der Waals surface area (Å²) < 4.78 is 5.67. The smallest absolute Gasteiger partial charge is 0.222 e. The molecule has 1 saturated heterocycles. The Morgan fingerprint density at radius 3 is 2.50 bits per heavy atom. The number of methoxy groups -OCH3 is 1. The second kappa shape index (κ2) is 7.76. The van der Waals surface area contributed by atoms with Crippen molar-refractivity contribution in [1.29, 1.82) is 0 Å². The first-order valence-electron chi connectivity index (χ1n) is 9.45. The summed E-state index contributed by atoms with van der Waals surface area (Å²) >= 11 is 0. The maximum absolute atomic E-state index is 11.5. The molecule has 1 amide bonds. The highest BCUT2D eigenvalue weighted by Gasteiger charge is 2.23. The van der Waals surface area contributed by atoms with Gasteiger partial charge in [-0.1, -0.05) is 30.3 Å². The van der Waals surface area contributed by atoms with Crippen LogP contribution >= 0.6 is 0 Å². The molecule has 1 aromatic heterocycles. The minimum Gasteiger partial charge on any atom is -0.495 e. The van der Waals surface area contributed by atoms with Crippen LogP contribution in [0.25, 0.3) is 10.8 Å². The first-order valence-corrected chi connectivity index (χ1v) is 9.45. The summed E-state index contributed by atoms with van der Waals surface area (Å²) in [4.78, 5) is 20.5. The molecule has 0 spiro atoms. The Bertz CT molecular complexity index is 997. The molecule has 0 atom stereocenters. The summed E-state index contributed by atoms with van der Waals surface area (Å²) in [5.74, 6) is 1.40. The van der Waals surface area contributed by atoms with Gasteiger partial charge < -0.3 is 19.9 Å². The Balaban J connectivity index is 1.59. The van der Waals surface area contributed by atoms with Crippen LogP contribution in [0.1, 0.15) is 6.92 Å². The second-order valence-electron chi connectivity index (χ2n) is 6.86. The van der Waals surface area contributed by atoms with E-state index < -0.39 is 0 Å². The number of nitrogens with zero attached hydrogens (tertiary/aromatic N) is 3. The maximum Gasteiger partial charge on any atom is 0.222 e. The van der Waals surface area contributed by atoms with Gasteiger partial charge in [0.1, 0.15) is 5.75 Å². The summed E-state index contributed by atoms with van der Waals surface area (Å²) in [6.45, 7) is 4.90. The van der Waals surface area contributed by atoms with Gasteiger partial charge in [0.25, 0.3) is 0 Å². The summed E-state index contributed by atoms with van der Waals surface area (Å²) in [6.07, 6.45) is 1.70. The van der Waals surface area contributed by atoms with Crippen molar-refractivity contribution < 1.29 is 9.53 Å². The molecule has 2 aromatic carbocycles. The Labute approximate surface area is 164 Å². The molecule has 28 heavy (non-hydrogen) atoms. The minimum atomic E-state index is -0.112. The highest BCUT2D eigenvalue weighted by molar-refractivity contribution is 5.97. The molecule has 1 N–H and O–H groups in total. The van der Waals surface area contributed by atoms with Crippen molar-refractivity contribution in [3.63, 3.8) is 0 Å². The van der Waals surface area contributed by atoms with Crippen molar-refractivity contribution in [2.45, 2.75) is 6.92 Å². The largest absolute Gasteiger partial charge is 0.495 e. The van der Waals surface area contributed by atoms with E-state index in [0.29, 0.717) is 5.82 Å². The van der Waals surface area contributed by atoms with E-state index in [1.54, 1.807) is 13.3 Å². The number of hydrogen-bond acceptors (Lipinski definition) is 5. The number of carbonyl (C=O) groups excluding carboxylic acids is 1. The number of rotatable bonds is 4. The summed E-state index contributed by atoms with van der Waals surface area (Å²) in [5.41, 5.74) is 2.11. The average Bonchev–Trinajstić information content (AvgIpc) is 2.73. The molecule has 0 radical (unpaired) electrons. The third-order valence-electron chi connectivity index (χ3n) is 5.10. The highest BCUT2D eigenvalue weighted by atomic mass is 16.5. The third-order valence-corrected chi connectivity index (χ3v) is 5.10. The zero-order valence-electron chi connectivity index (χ0n) is 16.2. The lowest BCUT2D eigenvalue weighted by molar-refractivity contribution is -0.114. The molecule has 6 nitrogen and oxygen atoms in total. The number of benzene rings is 2. The molecule has 2 heterocycles. The van der Waals surface area contributed by atoms with E-state index in [2.05, 4.69) is 50.4 Å². The molecule has 6 heteroatoms. The number of amides is 1. The van der Waals surface area contributed by atoms with Gasteiger partial charge in [-0.25, -0.2) is 4.98 Å². The van der Waals surface area contributed by atoms with Gasteiger partial charge in [-0.2, -0.15) is 0 Å². The number of ether oxygens (including phenoxy) is 1. The van der Waals surface area contributed by atoms with Gasteiger partial charge in [0.2, 0.25) is 5.91 Å². The van der Waals surface area contributed by atoms with Crippen molar-refractivity contribution in [2.75, 3.05) is 48.4 Å². The van der Waals surface area contributed by atoms with Gasteiger partial charge in [-0.15, -0.1) is 0 Å². The summed E-state index contributed by atoms with van der Waals surface area (Å²) in [6, 6.07) is 16.5. The molecule has 4 rings (SSSR count). The number of fused-ring (bicyclic) bond motifs is 1. The maximum atomic E-state index is 11.5. The first-order chi connectivity index (χ1) is 13.7. The van der Waals surface area contributed by atoms with Gasteiger partial charge in [0.15, 0.2) is 5.82 Å². The number of anilines is 3. The van der Waals surface area contributed by atoms with Crippen molar-refractivity contribution in [3.05, 3.63) is 54.7 Å². The predicted molar refractivity (Wildman–Crippen MR) is 113 cm³/mol. The van der Waals surface area contributed by atoms with Crippen LogP contribution in [0.4, 0.5) is 17.2 Å². The molecular formula is C22H24N4O2. The van der Waals surface area contributed by atoms with E-state index in [0.717, 1.165) is 43.3 Å². The molecule has 1 fully saturated rings. The van der Waals surface area contributed by atoms with Crippen molar-refractivity contribution in [2.24, 2.45) is 0 Å². The van der Waals surface area contributed by atoms with Gasteiger partial charge in [-0.3, -0.25) is 4.79 Å². The third kappa shape index (κ3) is 3.45. The van der Waals surface area contributed by atoms with E-state index >= 15 is 0 Å². The molecule has 0 bridgehead atoms. The van der Waals surface area contributed by atoms with Crippen LogP contribution in [0.3, 0.4) is 0 Å². The van der Waals surface area contributed by atoms with E-state index in [9.17, 15) is 4.79 Å². The number of nitrogens with one attached hydrogen (secondary N) is 1. The molecular weight excluding hydrogens is 352 g/mol. The van der Waals surface area contributed by atoms with E-state index in [1.807, 2.05) is 18.2 Å². The zero-order chi connectivity index (χ0) is 19.5. The second-order valence-corrected chi connectivity index (χ2v) is 6.86. The van der Waals surface area contributed by atoms with E-state index in [1.165, 1.54) is 17.7 Å². The lowest BCUT2D eigenvalue weighted by Crippen LogP contribution is -2.47. The first kappa shape index (κ1) is 18.1. The van der Waals surface area contributed by atoms with Crippen LogP contribution in [0.5, 0.6) is 5.75 Å². The molecule has 0 aliphatic carbocycles. The SMILES string of the molecule is COc1ccc2ccccc2c1N1CCN(c2cccnc2NC(C)=O)CC1. The van der Waals surface area contributed by atoms with Gasteiger partial charge in [0, 0.05) is 44.7 Å². The Morgan fingerprint density at radius 2 is 1.75 bits per heavy atom. The Hall–Kier alpha value is -3.28. The fourth-order valence-corrected chi connectivity index (χ4v) is 3.81. The van der Waals surface area contributed by atoms with Gasteiger partial charge in [-0.05, 0) is 23.6 Å². The van der Waals surface area contributed by atoms with Gasteiger partial charge >= 0.3 is 0 Å². The quantitative estimate of drug-likeness (QED) is 0.755. The van der Waals surface area contributed by atoms with Crippen LogP contribution < -0.4 is 19.9 Å². The molecule has 1 aliphatic rings. The summed E-state index contributed by atoms with van der Waals surface area (Å²) in [5, 5.41) is 5.24. The molecule has 0 saturated carbocycles. The minimum absolute atomic E-state index is 0.112. The van der Waals surface area contributed by atoms with Crippen LogP contribution in [-0.2, 0) is 4.79 Å². The van der Waals surface area contributed by atoms with Crippen molar-refractivity contribution in [3.8, 4) is 5.75 Å². The average molecular weight is 376 g/mol. The normalized spacial score (nSPS) is 14.2. The van der Waals surface area contributed by atoms with Crippen LogP contribution in [0.15, 0.2) is 54.7 Å². The fraction of sp³-hybridized carbons (Fsp3) is 0.273. The van der Waals surface area contributed by atoms with Crippen molar-refractivity contribution >= 4 is 33.9 Å². The number of pyridine rings is 1. The van der Waals surface area contributed by atoms with Crippen LogP contribution in [-0.4, -0.2) is 44.2 Å². The summed E-state index contributed by atoms with van der Waals surface area (Å²) in [7, 11) is 1.72. The number of carbonyl (C=O) groups is 1. The van der Waals surface area contributed by atoms with E-state index in [-0.39, 0.29) is 5.91 Å². The van der Waals surface area contributed by atoms with Gasteiger partial charge in [0.05, 0.1) is 18.5 Å². The number of piperazine rings is 1. The molecule has 1 aliphatic heterocycles. The van der Waals surface area contributed by atoms with Crippen molar-refractivity contribution in [1.82, 2.24) is 4.98 Å². The molecule has 0 unspecified atom stereocenters. The predicted octanol–water partition coefficient (Wildman–Crippen LogP) is 3.53. The lowest BCUT2D eigenvalue weighted by atomic mass is 10.1. The zero-order valence-corrected chi connectivity index (χ0v) is 16.2. The lowest BCUT2D eigenvalue weighted by Gasteiger charge is -2.38. The fourth-order valence-electron chi connectivity index (χ4n) is 3.81. The Morgan fingerprint density at radius 1 is 1.00 bits per heavy atom. The monoisotopic (exact) mass is 376 g/mol. The standard InChI is InChI=1S/C22H24N4O2/c1-16(27)24-22-19(8-5-11-23-22)25-12-14-26(15-13-25)21-18-7-4-3-6-17(18)9-10-20(21)28-2/h3-11H,12-15H2,1-2H3,(H,23,24,27). The van der Waals surface area contributed by atoms with E-state index in [4.69, 9.17) is 4.74 Å². The Kier molecular flexibility index (Phi) is 5.02. The molecule has 144 valence electrons. The molecule has 3 aromatic rings. The number of aromatic nitrogens is 1. The topological polar surface area (TPSA) is 57.7 Å². The number of hydrogen-bond donors (Lipinski definition) is 1. The highest BCUT2D eigenvalue weighted by Crippen LogP contribution is 2.37. The van der Waals surface area contributed by atoms with Crippen LogP contribution in [0.2, 0.25) is 0 Å².